The molecule has 0 nitrogen and oxygen atoms in total. The predicted molar refractivity (Wildman–Crippen MR) is 53.2 cm³/mol. The number of hydrogen-bond donors (Lipinski definition) is 0. The van der Waals surface area contributed by atoms with Crippen LogP contribution in [0.3, 0.4) is 0 Å². The summed E-state index contributed by atoms with van der Waals surface area (Å²) in [5.74, 6) is 0.551. The monoisotopic (exact) mass is 159 g/mol. The van der Waals surface area contributed by atoms with E-state index in [-0.39, 0.29) is 0 Å². The fourth-order valence-electron chi connectivity index (χ4n) is 1.33. The molecule has 0 atom stereocenters. The third-order valence-electron chi connectivity index (χ3n) is 2.02. The van der Waals surface area contributed by atoms with Gasteiger partial charge in [-0.25, -0.2) is 0 Å². The molecule has 0 fully saturated rings. The molecule has 1 radical (unpaired) electrons. The van der Waals surface area contributed by atoms with Crippen LogP contribution in [-0.4, -0.2) is 0 Å². The van der Waals surface area contributed by atoms with Crippen LogP contribution in [0.15, 0.2) is 24.8 Å². The van der Waals surface area contributed by atoms with Gasteiger partial charge in [0.2, 0.25) is 0 Å². The van der Waals surface area contributed by atoms with Crippen molar-refractivity contribution in [2.24, 2.45) is 0 Å². The van der Waals surface area contributed by atoms with E-state index < -0.39 is 0 Å². The predicted octanol–water partition coefficient (Wildman–Crippen LogP) is 3.46. The highest BCUT2D eigenvalue weighted by atomic mass is 14.1. The van der Waals surface area contributed by atoms with E-state index in [1.807, 2.05) is 0 Å². The molecule has 12 heavy (non-hydrogen) atoms. The number of hydrogen-bond acceptors (Lipinski definition) is 0. The number of benzene rings is 1. The van der Waals surface area contributed by atoms with Crippen molar-refractivity contribution in [3.05, 3.63) is 47.5 Å². The van der Waals surface area contributed by atoms with Gasteiger partial charge in [-0.15, -0.1) is 0 Å². The van der Waals surface area contributed by atoms with Crippen molar-refractivity contribution in [2.45, 2.75) is 26.7 Å². The molecular formula is C12H15. The van der Waals surface area contributed by atoms with Gasteiger partial charge in [0.15, 0.2) is 0 Å². The van der Waals surface area contributed by atoms with E-state index in [1.54, 1.807) is 0 Å². The summed E-state index contributed by atoms with van der Waals surface area (Å²) in [6, 6.07) is 6.42. The van der Waals surface area contributed by atoms with Crippen molar-refractivity contribution in [2.75, 3.05) is 0 Å². The SMILES string of the molecule is C=[C]c1cc(C)ccc1C(C)C. The third-order valence-corrected chi connectivity index (χ3v) is 2.02. The lowest BCUT2D eigenvalue weighted by Gasteiger charge is -2.09. The molecule has 0 saturated heterocycles. The van der Waals surface area contributed by atoms with Crippen LogP contribution in [0.4, 0.5) is 0 Å². The van der Waals surface area contributed by atoms with Gasteiger partial charge in [0.05, 0.1) is 0 Å². The van der Waals surface area contributed by atoms with Crippen molar-refractivity contribution in [3.8, 4) is 0 Å². The van der Waals surface area contributed by atoms with E-state index in [0.717, 1.165) is 5.56 Å². The fraction of sp³-hybridized carbons (Fsp3) is 0.333. The molecule has 1 aromatic carbocycles. The van der Waals surface area contributed by atoms with E-state index in [4.69, 9.17) is 0 Å². The second-order valence-corrected chi connectivity index (χ2v) is 3.42. The van der Waals surface area contributed by atoms with Crippen LogP contribution in [0.1, 0.15) is 36.5 Å². The van der Waals surface area contributed by atoms with Crippen LogP contribution in [0.5, 0.6) is 0 Å². The van der Waals surface area contributed by atoms with Gasteiger partial charge in [0.1, 0.15) is 0 Å². The van der Waals surface area contributed by atoms with Crippen LogP contribution in [0.25, 0.3) is 0 Å². The molecule has 0 unspecified atom stereocenters. The van der Waals surface area contributed by atoms with Crippen LogP contribution in [-0.2, 0) is 0 Å². The van der Waals surface area contributed by atoms with Gasteiger partial charge in [0.25, 0.3) is 0 Å². The summed E-state index contributed by atoms with van der Waals surface area (Å²) in [4.78, 5) is 0. The molecule has 0 bridgehead atoms. The summed E-state index contributed by atoms with van der Waals surface area (Å²) in [6.45, 7) is 10.2. The minimum absolute atomic E-state index is 0.551. The van der Waals surface area contributed by atoms with Gasteiger partial charge >= 0.3 is 0 Å². The van der Waals surface area contributed by atoms with Crippen LogP contribution >= 0.6 is 0 Å². The van der Waals surface area contributed by atoms with E-state index in [1.165, 1.54) is 11.1 Å². The van der Waals surface area contributed by atoms with E-state index in [0.29, 0.717) is 5.92 Å². The maximum absolute atomic E-state index is 3.69. The highest BCUT2D eigenvalue weighted by Crippen LogP contribution is 2.20. The first-order chi connectivity index (χ1) is 5.65. The Kier molecular flexibility index (Phi) is 2.69. The van der Waals surface area contributed by atoms with E-state index >= 15 is 0 Å². The quantitative estimate of drug-likeness (QED) is 0.620. The Labute approximate surface area is 74.9 Å². The molecule has 0 saturated carbocycles. The third kappa shape index (κ3) is 1.76. The van der Waals surface area contributed by atoms with Crippen molar-refractivity contribution in [3.63, 3.8) is 0 Å². The molecule has 0 amide bonds. The maximum Gasteiger partial charge on any atom is -0.0147 e. The lowest BCUT2D eigenvalue weighted by atomic mass is 9.96. The first kappa shape index (κ1) is 9.05. The molecule has 0 aliphatic rings. The Morgan fingerprint density at radius 2 is 2.00 bits per heavy atom. The summed E-state index contributed by atoms with van der Waals surface area (Å²) in [7, 11) is 0. The van der Waals surface area contributed by atoms with Crippen LogP contribution in [0.2, 0.25) is 0 Å². The Morgan fingerprint density at radius 3 is 2.50 bits per heavy atom. The summed E-state index contributed by atoms with van der Waals surface area (Å²) in [5.41, 5.74) is 3.74. The van der Waals surface area contributed by atoms with Gasteiger partial charge in [0, 0.05) is 0 Å². The Bertz CT molecular complexity index is 282. The lowest BCUT2D eigenvalue weighted by molar-refractivity contribution is 0.860. The molecule has 0 heterocycles. The summed E-state index contributed by atoms with van der Waals surface area (Å²) in [5, 5.41) is 0. The largest absolute Gasteiger partial charge is 0.0905 e. The molecule has 0 heteroatoms. The molecule has 0 spiro atoms. The zero-order valence-corrected chi connectivity index (χ0v) is 8.02. The summed E-state index contributed by atoms with van der Waals surface area (Å²) in [6.07, 6.45) is 2.97. The van der Waals surface area contributed by atoms with E-state index in [9.17, 15) is 0 Å². The summed E-state index contributed by atoms with van der Waals surface area (Å²) < 4.78 is 0. The molecule has 1 rings (SSSR count). The second-order valence-electron chi connectivity index (χ2n) is 3.42. The summed E-state index contributed by atoms with van der Waals surface area (Å²) >= 11 is 0. The van der Waals surface area contributed by atoms with Gasteiger partial charge < -0.3 is 0 Å². The molecule has 1 aromatic rings. The molecule has 0 aliphatic heterocycles. The second kappa shape index (κ2) is 3.57. The average Bonchev–Trinajstić information content (AvgIpc) is 2.03. The van der Waals surface area contributed by atoms with Gasteiger partial charge in [-0.1, -0.05) is 44.2 Å². The molecular weight excluding hydrogens is 144 g/mol. The van der Waals surface area contributed by atoms with Crippen molar-refractivity contribution in [1.29, 1.82) is 0 Å². The molecule has 0 aromatic heterocycles. The Hall–Kier alpha value is -1.04. The zero-order chi connectivity index (χ0) is 9.14. The molecule has 0 aliphatic carbocycles. The topological polar surface area (TPSA) is 0 Å². The first-order valence-corrected chi connectivity index (χ1v) is 4.28. The van der Waals surface area contributed by atoms with Gasteiger partial charge in [-0.2, -0.15) is 0 Å². The van der Waals surface area contributed by atoms with Gasteiger partial charge in [-0.3, -0.25) is 0 Å². The standard InChI is InChI=1S/C12H15/c1-5-11-8-10(4)6-7-12(11)9(2)3/h6-9H,1H2,2-4H3. The number of aryl methyl sites for hydroxylation is 1. The smallest absolute Gasteiger partial charge is 0.0147 e. The zero-order valence-electron chi connectivity index (χ0n) is 8.02. The molecule has 63 valence electrons. The highest BCUT2D eigenvalue weighted by Gasteiger charge is 2.03. The average molecular weight is 159 g/mol. The van der Waals surface area contributed by atoms with E-state index in [2.05, 4.69) is 51.6 Å². The minimum Gasteiger partial charge on any atom is -0.0905 e. The Morgan fingerprint density at radius 1 is 1.33 bits per heavy atom. The van der Waals surface area contributed by atoms with Crippen LogP contribution in [0, 0.1) is 13.0 Å². The fourth-order valence-corrected chi connectivity index (χ4v) is 1.33. The van der Waals surface area contributed by atoms with Crippen molar-refractivity contribution < 1.29 is 0 Å². The first-order valence-electron chi connectivity index (χ1n) is 4.28. The minimum atomic E-state index is 0.551. The normalized spacial score (nSPS) is 10.3. The molecule has 0 N–H and O–H groups in total. The maximum atomic E-state index is 3.69. The van der Waals surface area contributed by atoms with Crippen LogP contribution < -0.4 is 0 Å². The van der Waals surface area contributed by atoms with Gasteiger partial charge in [-0.05, 0) is 30.0 Å². The van der Waals surface area contributed by atoms with Crippen molar-refractivity contribution in [1.82, 2.24) is 0 Å². The highest BCUT2D eigenvalue weighted by molar-refractivity contribution is 5.37. The lowest BCUT2D eigenvalue weighted by Crippen LogP contribution is -1.92. The van der Waals surface area contributed by atoms with Crippen molar-refractivity contribution >= 4 is 0 Å². The Balaban J connectivity index is 3.20. The number of rotatable bonds is 2.